The van der Waals surface area contributed by atoms with Crippen molar-refractivity contribution < 1.29 is 5.11 Å². The molecule has 0 spiro atoms. The second kappa shape index (κ2) is 8.60. The first-order chi connectivity index (χ1) is 10.1. The van der Waals surface area contributed by atoms with Crippen LogP contribution in [-0.4, -0.2) is 30.6 Å². The van der Waals surface area contributed by atoms with Gasteiger partial charge < -0.3 is 10.0 Å². The molecule has 2 aromatic carbocycles. The third-order valence-electron chi connectivity index (χ3n) is 3.34. The molecule has 0 aliphatic carbocycles. The van der Waals surface area contributed by atoms with Gasteiger partial charge in [-0.3, -0.25) is 0 Å². The quantitative estimate of drug-likeness (QED) is 0.875. The van der Waals surface area contributed by atoms with Gasteiger partial charge >= 0.3 is 0 Å². The number of halogens is 1. The Bertz CT molecular complexity index is 575. The van der Waals surface area contributed by atoms with Crippen molar-refractivity contribution in [1.29, 1.82) is 0 Å². The first-order valence-electron chi connectivity index (χ1n) is 7.11. The maximum atomic E-state index is 11.1. The maximum Gasteiger partial charge on any atom is 0.176 e. The highest BCUT2D eigenvalue weighted by Gasteiger charge is 2.28. The smallest absolute Gasteiger partial charge is 0.176 e. The molecule has 116 valence electrons. The Morgan fingerprint density at radius 3 is 1.77 bits per heavy atom. The first kappa shape index (κ1) is 18.3. The summed E-state index contributed by atoms with van der Waals surface area (Å²) < 4.78 is 0. The molecular formula is C19H22ClNO. The lowest BCUT2D eigenvalue weighted by Gasteiger charge is -2.23. The van der Waals surface area contributed by atoms with Gasteiger partial charge in [-0.05, 0) is 14.1 Å². The molecule has 0 bridgehead atoms. The van der Waals surface area contributed by atoms with Crippen LogP contribution in [0.25, 0.3) is 0 Å². The van der Waals surface area contributed by atoms with Gasteiger partial charge in [-0.15, -0.1) is 12.4 Å². The average Bonchev–Trinajstić information content (AvgIpc) is 2.53. The Morgan fingerprint density at radius 1 is 0.909 bits per heavy atom. The van der Waals surface area contributed by atoms with Crippen LogP contribution in [0.3, 0.4) is 0 Å². The van der Waals surface area contributed by atoms with Gasteiger partial charge in [0, 0.05) is 24.1 Å². The Hall–Kier alpha value is -1.79. The first-order valence-corrected chi connectivity index (χ1v) is 7.11. The van der Waals surface area contributed by atoms with Gasteiger partial charge in [0.05, 0.1) is 0 Å². The number of hydrogen-bond donors (Lipinski definition) is 1. The van der Waals surface area contributed by atoms with Crippen molar-refractivity contribution in [1.82, 2.24) is 4.90 Å². The van der Waals surface area contributed by atoms with Crippen molar-refractivity contribution in [3.8, 4) is 11.8 Å². The van der Waals surface area contributed by atoms with E-state index in [1.807, 2.05) is 74.8 Å². The lowest BCUT2D eigenvalue weighted by molar-refractivity contribution is 0.145. The SMILES string of the molecule is CN(C)CCC#CC(O)(c1ccccc1)c1ccccc1.Cl. The molecule has 2 rings (SSSR count). The van der Waals surface area contributed by atoms with Crippen molar-refractivity contribution >= 4 is 12.4 Å². The van der Waals surface area contributed by atoms with E-state index in [2.05, 4.69) is 16.7 Å². The summed E-state index contributed by atoms with van der Waals surface area (Å²) in [6, 6.07) is 19.2. The third-order valence-corrected chi connectivity index (χ3v) is 3.34. The highest BCUT2D eigenvalue weighted by molar-refractivity contribution is 5.85. The molecule has 2 aromatic rings. The van der Waals surface area contributed by atoms with Crippen molar-refractivity contribution in [3.63, 3.8) is 0 Å². The van der Waals surface area contributed by atoms with Crippen LogP contribution in [0.5, 0.6) is 0 Å². The third kappa shape index (κ3) is 4.61. The van der Waals surface area contributed by atoms with Crippen molar-refractivity contribution in [2.24, 2.45) is 0 Å². The fraction of sp³-hybridized carbons (Fsp3) is 0.263. The number of benzene rings is 2. The van der Waals surface area contributed by atoms with Crippen LogP contribution in [0.4, 0.5) is 0 Å². The van der Waals surface area contributed by atoms with Crippen LogP contribution in [0.15, 0.2) is 60.7 Å². The monoisotopic (exact) mass is 315 g/mol. The van der Waals surface area contributed by atoms with Crippen LogP contribution in [0.1, 0.15) is 17.5 Å². The minimum absolute atomic E-state index is 0. The second-order valence-electron chi connectivity index (χ2n) is 5.30. The zero-order chi connectivity index (χ0) is 15.1. The molecule has 2 nitrogen and oxygen atoms in total. The molecule has 0 amide bonds. The van der Waals surface area contributed by atoms with Gasteiger partial charge in [0.1, 0.15) is 0 Å². The van der Waals surface area contributed by atoms with Crippen LogP contribution >= 0.6 is 12.4 Å². The maximum absolute atomic E-state index is 11.1. The van der Waals surface area contributed by atoms with Crippen LogP contribution in [0, 0.1) is 11.8 Å². The Balaban J connectivity index is 0.00000242. The lowest BCUT2D eigenvalue weighted by Crippen LogP contribution is -2.25. The van der Waals surface area contributed by atoms with Crippen LogP contribution in [0.2, 0.25) is 0 Å². The fourth-order valence-corrected chi connectivity index (χ4v) is 2.14. The highest BCUT2D eigenvalue weighted by atomic mass is 35.5. The molecule has 0 unspecified atom stereocenters. The van der Waals surface area contributed by atoms with Gasteiger partial charge in [0.15, 0.2) is 5.60 Å². The lowest BCUT2D eigenvalue weighted by atomic mass is 9.87. The van der Waals surface area contributed by atoms with E-state index in [1.54, 1.807) is 0 Å². The van der Waals surface area contributed by atoms with Gasteiger partial charge in [0.2, 0.25) is 0 Å². The molecule has 0 radical (unpaired) electrons. The topological polar surface area (TPSA) is 23.5 Å². The summed E-state index contributed by atoms with van der Waals surface area (Å²) in [4.78, 5) is 2.08. The van der Waals surface area contributed by atoms with E-state index >= 15 is 0 Å². The van der Waals surface area contributed by atoms with Gasteiger partial charge in [-0.25, -0.2) is 0 Å². The molecule has 0 aromatic heterocycles. The summed E-state index contributed by atoms with van der Waals surface area (Å²) in [5.41, 5.74) is 0.344. The summed E-state index contributed by atoms with van der Waals surface area (Å²) in [5.74, 6) is 6.18. The van der Waals surface area contributed by atoms with Crippen molar-refractivity contribution in [2.75, 3.05) is 20.6 Å². The van der Waals surface area contributed by atoms with Crippen molar-refractivity contribution in [3.05, 3.63) is 71.8 Å². The largest absolute Gasteiger partial charge is 0.369 e. The minimum Gasteiger partial charge on any atom is -0.369 e. The summed E-state index contributed by atoms with van der Waals surface area (Å²) in [6.07, 6.45) is 0.731. The number of rotatable bonds is 4. The predicted octanol–water partition coefficient (Wildman–Crippen LogP) is 3.30. The average molecular weight is 316 g/mol. The van der Waals surface area contributed by atoms with Crippen molar-refractivity contribution in [2.45, 2.75) is 12.0 Å². The molecule has 3 heteroatoms. The molecule has 0 atom stereocenters. The van der Waals surface area contributed by atoms with E-state index in [0.717, 1.165) is 24.1 Å². The fourth-order valence-electron chi connectivity index (χ4n) is 2.14. The minimum atomic E-state index is -1.26. The number of hydrogen-bond acceptors (Lipinski definition) is 2. The highest BCUT2D eigenvalue weighted by Crippen LogP contribution is 2.28. The second-order valence-corrected chi connectivity index (χ2v) is 5.30. The standard InChI is InChI=1S/C19H21NO.ClH/c1-20(2)16-10-9-15-19(21,17-11-5-3-6-12-17)18-13-7-4-8-14-18;/h3-8,11-14,21H,10,16H2,1-2H3;1H. The number of nitrogens with zero attached hydrogens (tertiary/aromatic N) is 1. The normalized spacial score (nSPS) is 10.5. The van der Waals surface area contributed by atoms with E-state index in [-0.39, 0.29) is 12.4 Å². The molecule has 0 aliphatic rings. The van der Waals surface area contributed by atoms with E-state index in [9.17, 15) is 5.11 Å². The van der Waals surface area contributed by atoms with Gasteiger partial charge in [0.25, 0.3) is 0 Å². The van der Waals surface area contributed by atoms with Gasteiger partial charge in [-0.1, -0.05) is 72.5 Å². The predicted molar refractivity (Wildman–Crippen MR) is 94.1 cm³/mol. The van der Waals surface area contributed by atoms with Crippen LogP contribution in [-0.2, 0) is 5.60 Å². The van der Waals surface area contributed by atoms with Crippen LogP contribution < -0.4 is 0 Å². The number of aliphatic hydroxyl groups is 1. The molecule has 0 heterocycles. The summed E-state index contributed by atoms with van der Waals surface area (Å²) >= 11 is 0. The molecule has 0 aliphatic heterocycles. The molecule has 22 heavy (non-hydrogen) atoms. The zero-order valence-corrected chi connectivity index (χ0v) is 13.8. The summed E-state index contributed by atoms with van der Waals surface area (Å²) in [5, 5.41) is 11.1. The van der Waals surface area contributed by atoms with E-state index in [0.29, 0.717) is 0 Å². The molecule has 1 N–H and O–H groups in total. The Kier molecular flexibility index (Phi) is 7.14. The molecule has 0 saturated carbocycles. The van der Waals surface area contributed by atoms with E-state index in [1.165, 1.54) is 0 Å². The molecular weight excluding hydrogens is 294 g/mol. The zero-order valence-electron chi connectivity index (χ0n) is 13.0. The van der Waals surface area contributed by atoms with Gasteiger partial charge in [-0.2, -0.15) is 0 Å². The molecule has 0 saturated heterocycles. The van der Waals surface area contributed by atoms with E-state index < -0.39 is 5.60 Å². The summed E-state index contributed by atoms with van der Waals surface area (Å²) in [6.45, 7) is 0.882. The summed E-state index contributed by atoms with van der Waals surface area (Å²) in [7, 11) is 4.03. The Morgan fingerprint density at radius 2 is 1.36 bits per heavy atom. The Labute approximate surface area is 139 Å². The molecule has 0 fully saturated rings. The van der Waals surface area contributed by atoms with E-state index in [4.69, 9.17) is 0 Å².